The molecule has 0 heterocycles. The van der Waals surface area contributed by atoms with Crippen LogP contribution in [0.15, 0.2) is 23.4 Å². The lowest BCUT2D eigenvalue weighted by Gasteiger charge is -2.31. The Hall–Kier alpha value is -1.07. The fourth-order valence-corrected chi connectivity index (χ4v) is 1.05. The summed E-state index contributed by atoms with van der Waals surface area (Å²) in [6.45, 7) is 14.3. The van der Waals surface area contributed by atoms with Gasteiger partial charge in [0.25, 0.3) is 0 Å². The molecule has 1 rings (SSSR count). The highest BCUT2D eigenvalue weighted by Gasteiger charge is 2.31. The minimum Gasteiger partial charge on any atom is -0.398 e. The fraction of sp³-hybridized carbons (Fsp3) is 0.722. The summed E-state index contributed by atoms with van der Waals surface area (Å²) in [7, 11) is 5.67. The maximum atomic E-state index is 9.10. The van der Waals surface area contributed by atoms with Crippen molar-refractivity contribution in [3.63, 3.8) is 0 Å². The van der Waals surface area contributed by atoms with Crippen LogP contribution in [0.1, 0.15) is 68.2 Å². The molecule has 1 atom stereocenters. The molecule has 1 unspecified atom stereocenters. The topological polar surface area (TPSA) is 90.3 Å². The predicted molar refractivity (Wildman–Crippen MR) is 103 cm³/mol. The lowest BCUT2D eigenvalue weighted by atomic mass is 9.83. The Bertz CT molecular complexity index is 352. The summed E-state index contributed by atoms with van der Waals surface area (Å²) < 4.78 is 0. The Morgan fingerprint density at radius 3 is 1.83 bits per heavy atom. The largest absolute Gasteiger partial charge is 0.398 e. The summed E-state index contributed by atoms with van der Waals surface area (Å²) in [5.74, 6) is 0.0889. The third kappa shape index (κ3) is 13.1. The van der Waals surface area contributed by atoms with Crippen LogP contribution in [0.3, 0.4) is 0 Å². The van der Waals surface area contributed by atoms with Gasteiger partial charge in [-0.3, -0.25) is 0 Å². The summed E-state index contributed by atoms with van der Waals surface area (Å²) in [6, 6.07) is 0. The lowest BCUT2D eigenvalue weighted by Crippen LogP contribution is -2.44. The highest BCUT2D eigenvalue weighted by atomic mass is 16.3. The zero-order chi connectivity index (χ0) is 19.3. The van der Waals surface area contributed by atoms with E-state index in [2.05, 4.69) is 0 Å². The molecule has 0 aromatic heterocycles. The van der Waals surface area contributed by atoms with E-state index in [1.165, 1.54) is 6.21 Å². The van der Waals surface area contributed by atoms with Crippen LogP contribution in [0.2, 0.25) is 5.82 Å². The van der Waals surface area contributed by atoms with Gasteiger partial charge in [-0.2, -0.15) is 0 Å². The Kier molecular flexibility index (Phi) is 15.6. The molecule has 1 aliphatic rings. The molecular weight excluding hydrogens is 287 g/mol. The first kappa shape index (κ1) is 26.8. The standard InChI is InChI=1S/C8H11BN2.C6H14O2.2C2H6/c9-7-2-1-6(5-10)8(11)4-3-7;1-5(2,7)6(3,4)8;2*1-2/h3-5,7,10H,1-2,11H2;7-8H,1-4H3;2*1-2H3. The SMILES string of the molecule is CC.CC.CC(C)(O)C(C)(C)O.[B]C1C=CC(N)=C(C=N)CC1. The summed E-state index contributed by atoms with van der Waals surface area (Å²) in [4.78, 5) is 0. The van der Waals surface area contributed by atoms with E-state index in [-0.39, 0.29) is 5.82 Å². The molecule has 0 saturated carbocycles. The summed E-state index contributed by atoms with van der Waals surface area (Å²) in [5.41, 5.74) is 5.18. The summed E-state index contributed by atoms with van der Waals surface area (Å²) >= 11 is 0. The van der Waals surface area contributed by atoms with Gasteiger partial charge in [-0.25, -0.2) is 0 Å². The van der Waals surface area contributed by atoms with Crippen LogP contribution in [0.4, 0.5) is 0 Å². The third-order valence-corrected chi connectivity index (χ3v) is 3.31. The van der Waals surface area contributed by atoms with E-state index in [0.717, 1.165) is 18.4 Å². The smallest absolute Gasteiger partial charge is 0.0872 e. The van der Waals surface area contributed by atoms with Crippen molar-refractivity contribution in [3.05, 3.63) is 23.4 Å². The Labute approximate surface area is 144 Å². The highest BCUT2D eigenvalue weighted by molar-refractivity contribution is 6.13. The van der Waals surface area contributed by atoms with Crippen molar-refractivity contribution < 1.29 is 10.2 Å². The van der Waals surface area contributed by atoms with Gasteiger partial charge in [0.2, 0.25) is 0 Å². The number of nitrogens with one attached hydrogen (secondary N) is 1. The minimum atomic E-state index is -1.01. The Morgan fingerprint density at radius 2 is 1.52 bits per heavy atom. The van der Waals surface area contributed by atoms with Gasteiger partial charge < -0.3 is 21.4 Å². The first-order valence-electron chi connectivity index (χ1n) is 8.36. The van der Waals surface area contributed by atoms with Gasteiger partial charge in [0.15, 0.2) is 0 Å². The number of allylic oxidation sites excluding steroid dienone is 3. The van der Waals surface area contributed by atoms with Crippen molar-refractivity contribution in [1.29, 1.82) is 5.41 Å². The van der Waals surface area contributed by atoms with Crippen molar-refractivity contribution in [2.24, 2.45) is 5.73 Å². The van der Waals surface area contributed by atoms with Gasteiger partial charge in [0, 0.05) is 11.9 Å². The average molecular weight is 324 g/mol. The van der Waals surface area contributed by atoms with Gasteiger partial charge in [0.05, 0.1) is 19.0 Å². The molecule has 5 heteroatoms. The maximum absolute atomic E-state index is 9.10. The first-order chi connectivity index (χ1) is 10.5. The predicted octanol–water partition coefficient (Wildman–Crippen LogP) is 3.74. The van der Waals surface area contributed by atoms with E-state index in [1.54, 1.807) is 33.8 Å². The van der Waals surface area contributed by atoms with Gasteiger partial charge in [-0.1, -0.05) is 46.0 Å². The molecule has 23 heavy (non-hydrogen) atoms. The van der Waals surface area contributed by atoms with E-state index in [1.807, 2.05) is 33.8 Å². The van der Waals surface area contributed by atoms with Gasteiger partial charge in [-0.05, 0) is 45.8 Å². The molecule has 134 valence electrons. The number of nitrogens with two attached hydrogens (primary N) is 1. The molecular formula is C18H37BN2O2. The van der Waals surface area contributed by atoms with E-state index in [9.17, 15) is 0 Å². The number of aliphatic hydroxyl groups is 2. The molecule has 0 bridgehead atoms. The van der Waals surface area contributed by atoms with Gasteiger partial charge >= 0.3 is 0 Å². The molecule has 1 aliphatic carbocycles. The second kappa shape index (κ2) is 13.4. The lowest BCUT2D eigenvalue weighted by molar-refractivity contribution is -0.107. The second-order valence-corrected chi connectivity index (χ2v) is 5.80. The molecule has 0 fully saturated rings. The van der Waals surface area contributed by atoms with Crippen LogP contribution < -0.4 is 5.73 Å². The second-order valence-electron chi connectivity index (χ2n) is 5.80. The van der Waals surface area contributed by atoms with Crippen molar-refractivity contribution in [1.82, 2.24) is 0 Å². The summed E-state index contributed by atoms with van der Waals surface area (Å²) in [5, 5.41) is 25.3. The molecule has 0 amide bonds. The van der Waals surface area contributed by atoms with E-state index >= 15 is 0 Å². The normalized spacial score (nSPS) is 17.4. The number of hydrogen-bond donors (Lipinski definition) is 4. The van der Waals surface area contributed by atoms with Crippen LogP contribution in [-0.2, 0) is 0 Å². The van der Waals surface area contributed by atoms with Gasteiger partial charge in [0.1, 0.15) is 0 Å². The molecule has 0 aromatic rings. The molecule has 0 saturated heterocycles. The van der Waals surface area contributed by atoms with Crippen LogP contribution >= 0.6 is 0 Å². The van der Waals surface area contributed by atoms with Gasteiger partial charge in [-0.15, -0.1) is 0 Å². The highest BCUT2D eigenvalue weighted by Crippen LogP contribution is 2.20. The van der Waals surface area contributed by atoms with Crippen LogP contribution in [-0.4, -0.2) is 35.5 Å². The zero-order valence-electron chi connectivity index (χ0n) is 16.3. The van der Waals surface area contributed by atoms with Crippen molar-refractivity contribution in [2.75, 3.05) is 0 Å². The quantitative estimate of drug-likeness (QED) is 0.461. The third-order valence-electron chi connectivity index (χ3n) is 3.31. The van der Waals surface area contributed by atoms with Crippen LogP contribution in [0, 0.1) is 5.41 Å². The Balaban J connectivity index is -0.000000296. The maximum Gasteiger partial charge on any atom is 0.0872 e. The van der Waals surface area contributed by atoms with Crippen molar-refractivity contribution >= 4 is 14.1 Å². The molecule has 5 N–H and O–H groups in total. The van der Waals surface area contributed by atoms with Crippen molar-refractivity contribution in [3.8, 4) is 0 Å². The Morgan fingerprint density at radius 1 is 1.13 bits per heavy atom. The molecule has 4 nitrogen and oxygen atoms in total. The molecule has 0 aliphatic heterocycles. The molecule has 0 spiro atoms. The first-order valence-corrected chi connectivity index (χ1v) is 8.36. The number of rotatable bonds is 2. The van der Waals surface area contributed by atoms with E-state index in [0.29, 0.717) is 5.70 Å². The monoisotopic (exact) mass is 324 g/mol. The number of hydrogen-bond acceptors (Lipinski definition) is 4. The van der Waals surface area contributed by atoms with Crippen LogP contribution in [0.5, 0.6) is 0 Å². The molecule has 0 aromatic carbocycles. The van der Waals surface area contributed by atoms with E-state index < -0.39 is 11.2 Å². The van der Waals surface area contributed by atoms with Crippen LogP contribution in [0.25, 0.3) is 0 Å². The minimum absolute atomic E-state index is 0.0889. The molecule has 2 radical (unpaired) electrons. The fourth-order valence-electron chi connectivity index (χ4n) is 1.05. The average Bonchev–Trinajstić information content (AvgIpc) is 2.64. The summed E-state index contributed by atoms with van der Waals surface area (Å²) in [6.07, 6.45) is 6.66. The van der Waals surface area contributed by atoms with E-state index in [4.69, 9.17) is 29.2 Å². The van der Waals surface area contributed by atoms with Crippen molar-refractivity contribution in [2.45, 2.75) is 85.3 Å². The zero-order valence-corrected chi connectivity index (χ0v) is 16.3.